The molecule has 0 aliphatic heterocycles. The summed E-state index contributed by atoms with van der Waals surface area (Å²) < 4.78 is 45.0. The highest BCUT2D eigenvalue weighted by Gasteiger charge is 2.23. The molecule has 29 heavy (non-hydrogen) atoms. The number of carbonyl (C=O) groups excluding carboxylic acids is 2. The molecule has 1 aromatic carbocycles. The number of hydrogen-bond acceptors (Lipinski definition) is 5. The highest BCUT2D eigenvalue weighted by molar-refractivity contribution is 7.89. The predicted molar refractivity (Wildman–Crippen MR) is 104 cm³/mol. The summed E-state index contributed by atoms with van der Waals surface area (Å²) in [6.07, 6.45) is 1.43. The van der Waals surface area contributed by atoms with E-state index in [4.69, 9.17) is 4.42 Å². The monoisotopic (exact) mass is 425 g/mol. The maximum absolute atomic E-state index is 13.0. The fourth-order valence-electron chi connectivity index (χ4n) is 2.42. The molecule has 0 saturated carbocycles. The third-order valence-electron chi connectivity index (χ3n) is 3.67. The molecule has 0 radical (unpaired) electrons. The van der Waals surface area contributed by atoms with Crippen molar-refractivity contribution in [3.05, 3.63) is 54.2 Å². The summed E-state index contributed by atoms with van der Waals surface area (Å²) in [4.78, 5) is 25.9. The molecule has 0 fully saturated rings. The Hall–Kier alpha value is -2.72. The van der Waals surface area contributed by atoms with Crippen molar-refractivity contribution in [3.63, 3.8) is 0 Å². The van der Waals surface area contributed by atoms with Crippen LogP contribution in [0.3, 0.4) is 0 Å². The van der Waals surface area contributed by atoms with Crippen molar-refractivity contribution in [1.82, 2.24) is 14.9 Å². The molecule has 8 nitrogen and oxygen atoms in total. The van der Waals surface area contributed by atoms with Crippen molar-refractivity contribution in [2.75, 3.05) is 13.1 Å². The van der Waals surface area contributed by atoms with Crippen molar-refractivity contribution in [2.24, 2.45) is 0 Å². The molecule has 0 spiro atoms. The van der Waals surface area contributed by atoms with Gasteiger partial charge >= 0.3 is 0 Å². The van der Waals surface area contributed by atoms with Crippen LogP contribution in [0.25, 0.3) is 0 Å². The van der Waals surface area contributed by atoms with Gasteiger partial charge in [0, 0.05) is 5.54 Å². The largest absolute Gasteiger partial charge is 0.467 e. The van der Waals surface area contributed by atoms with E-state index in [1.165, 1.54) is 11.2 Å². The zero-order chi connectivity index (χ0) is 21.7. The Kier molecular flexibility index (Phi) is 7.15. The SMILES string of the molecule is CC(C)(C)NC(=O)CN(Cc1ccco1)C(=O)CNS(=O)(=O)c1ccc(F)cc1. The molecule has 2 N–H and O–H groups in total. The lowest BCUT2D eigenvalue weighted by Crippen LogP contribution is -2.48. The molecule has 0 saturated heterocycles. The standard InChI is InChI=1S/C19H24FN3O5S/c1-19(2,3)22-17(24)13-23(12-15-5-4-10-28-15)18(25)11-21-29(26,27)16-8-6-14(20)7-9-16/h4-10,21H,11-13H2,1-3H3,(H,22,24). The van der Waals surface area contributed by atoms with Crippen molar-refractivity contribution >= 4 is 21.8 Å². The molecule has 2 rings (SSSR count). The number of benzene rings is 1. The first-order valence-electron chi connectivity index (χ1n) is 8.83. The molecular weight excluding hydrogens is 401 g/mol. The Labute approximate surface area is 169 Å². The minimum absolute atomic E-state index is 0.00166. The molecule has 10 heteroatoms. The Morgan fingerprint density at radius 2 is 1.79 bits per heavy atom. The second-order valence-corrected chi connectivity index (χ2v) is 9.17. The molecule has 0 aliphatic rings. The van der Waals surface area contributed by atoms with Crippen molar-refractivity contribution < 1.29 is 26.8 Å². The third kappa shape index (κ3) is 7.31. The summed E-state index contributed by atoms with van der Waals surface area (Å²) >= 11 is 0. The molecule has 2 amide bonds. The van der Waals surface area contributed by atoms with Gasteiger partial charge in [-0.1, -0.05) is 0 Å². The zero-order valence-electron chi connectivity index (χ0n) is 16.4. The zero-order valence-corrected chi connectivity index (χ0v) is 17.3. The van der Waals surface area contributed by atoms with Gasteiger partial charge in [0.2, 0.25) is 21.8 Å². The lowest BCUT2D eigenvalue weighted by molar-refractivity contribution is -0.136. The van der Waals surface area contributed by atoms with Gasteiger partial charge in [0.25, 0.3) is 0 Å². The van der Waals surface area contributed by atoms with Crippen LogP contribution in [-0.4, -0.2) is 43.8 Å². The Morgan fingerprint density at radius 3 is 2.34 bits per heavy atom. The molecule has 1 heterocycles. The Balaban J connectivity index is 2.07. The number of carbonyl (C=O) groups is 2. The van der Waals surface area contributed by atoms with Crippen molar-refractivity contribution in [3.8, 4) is 0 Å². The summed E-state index contributed by atoms with van der Waals surface area (Å²) in [5.74, 6) is -1.13. The van der Waals surface area contributed by atoms with E-state index in [1.54, 1.807) is 32.9 Å². The number of furan rings is 1. The van der Waals surface area contributed by atoms with Gasteiger partial charge in [0.05, 0.1) is 24.2 Å². The van der Waals surface area contributed by atoms with Crippen LogP contribution < -0.4 is 10.0 Å². The van der Waals surface area contributed by atoms with Crippen LogP contribution in [-0.2, 0) is 26.2 Å². The van der Waals surface area contributed by atoms with Gasteiger partial charge < -0.3 is 14.6 Å². The van der Waals surface area contributed by atoms with Crippen LogP contribution in [0.5, 0.6) is 0 Å². The van der Waals surface area contributed by atoms with E-state index >= 15 is 0 Å². The number of amides is 2. The first kappa shape index (κ1) is 22.6. The second-order valence-electron chi connectivity index (χ2n) is 7.41. The fraction of sp³-hybridized carbons (Fsp3) is 0.368. The van der Waals surface area contributed by atoms with E-state index < -0.39 is 39.7 Å². The highest BCUT2D eigenvalue weighted by atomic mass is 32.2. The second kappa shape index (κ2) is 9.19. The normalized spacial score (nSPS) is 11.9. The van der Waals surface area contributed by atoms with E-state index in [-0.39, 0.29) is 18.0 Å². The van der Waals surface area contributed by atoms with Crippen LogP contribution in [0.4, 0.5) is 4.39 Å². The predicted octanol–water partition coefficient (Wildman–Crippen LogP) is 1.64. The van der Waals surface area contributed by atoms with Gasteiger partial charge in [-0.05, 0) is 57.2 Å². The Bertz CT molecular complexity index is 935. The van der Waals surface area contributed by atoms with Gasteiger partial charge in [0.1, 0.15) is 18.1 Å². The summed E-state index contributed by atoms with van der Waals surface area (Å²) in [6, 6.07) is 7.50. The molecular formula is C19H24FN3O5S. The molecule has 0 atom stereocenters. The Morgan fingerprint density at radius 1 is 1.14 bits per heavy atom. The molecule has 0 bridgehead atoms. The van der Waals surface area contributed by atoms with E-state index in [0.29, 0.717) is 5.76 Å². The maximum Gasteiger partial charge on any atom is 0.241 e. The highest BCUT2D eigenvalue weighted by Crippen LogP contribution is 2.10. The summed E-state index contributed by atoms with van der Waals surface area (Å²) in [5, 5.41) is 2.75. The number of nitrogens with zero attached hydrogens (tertiary/aromatic N) is 1. The van der Waals surface area contributed by atoms with E-state index in [1.807, 2.05) is 0 Å². The van der Waals surface area contributed by atoms with E-state index in [0.717, 1.165) is 24.3 Å². The first-order valence-corrected chi connectivity index (χ1v) is 10.3. The molecule has 1 aromatic heterocycles. The molecule has 158 valence electrons. The summed E-state index contributed by atoms with van der Waals surface area (Å²) in [5.41, 5.74) is -0.485. The minimum atomic E-state index is -4.01. The summed E-state index contributed by atoms with van der Waals surface area (Å²) in [6.45, 7) is 4.58. The number of halogens is 1. The first-order chi connectivity index (χ1) is 13.5. The number of hydrogen-bond donors (Lipinski definition) is 2. The average molecular weight is 425 g/mol. The third-order valence-corrected chi connectivity index (χ3v) is 5.08. The van der Waals surface area contributed by atoms with Crippen LogP contribution in [0.2, 0.25) is 0 Å². The topological polar surface area (TPSA) is 109 Å². The van der Waals surface area contributed by atoms with Crippen LogP contribution in [0, 0.1) is 5.82 Å². The van der Waals surface area contributed by atoms with Crippen LogP contribution in [0.15, 0.2) is 52.0 Å². The number of nitrogens with one attached hydrogen (secondary N) is 2. The van der Waals surface area contributed by atoms with Gasteiger partial charge in [-0.3, -0.25) is 9.59 Å². The van der Waals surface area contributed by atoms with Crippen molar-refractivity contribution in [1.29, 1.82) is 0 Å². The van der Waals surface area contributed by atoms with E-state index in [2.05, 4.69) is 10.0 Å². The average Bonchev–Trinajstić information content (AvgIpc) is 3.11. The quantitative estimate of drug-likeness (QED) is 0.668. The summed E-state index contributed by atoms with van der Waals surface area (Å²) in [7, 11) is -4.01. The number of sulfonamides is 1. The molecule has 2 aromatic rings. The lowest BCUT2D eigenvalue weighted by Gasteiger charge is -2.25. The molecule has 0 unspecified atom stereocenters. The lowest BCUT2D eigenvalue weighted by atomic mass is 10.1. The minimum Gasteiger partial charge on any atom is -0.467 e. The van der Waals surface area contributed by atoms with Gasteiger partial charge in [-0.25, -0.2) is 17.5 Å². The smallest absolute Gasteiger partial charge is 0.241 e. The fourth-order valence-corrected chi connectivity index (χ4v) is 3.39. The van der Waals surface area contributed by atoms with Crippen molar-refractivity contribution in [2.45, 2.75) is 37.8 Å². The van der Waals surface area contributed by atoms with Gasteiger partial charge in [-0.15, -0.1) is 0 Å². The van der Waals surface area contributed by atoms with Crippen LogP contribution >= 0.6 is 0 Å². The van der Waals surface area contributed by atoms with Crippen LogP contribution in [0.1, 0.15) is 26.5 Å². The van der Waals surface area contributed by atoms with E-state index in [9.17, 15) is 22.4 Å². The van der Waals surface area contributed by atoms with Gasteiger partial charge in [0.15, 0.2) is 0 Å². The maximum atomic E-state index is 13.0. The number of rotatable bonds is 8. The van der Waals surface area contributed by atoms with Gasteiger partial charge in [-0.2, -0.15) is 0 Å². The molecule has 0 aliphatic carbocycles.